The highest BCUT2D eigenvalue weighted by Crippen LogP contribution is 2.19. The summed E-state index contributed by atoms with van der Waals surface area (Å²) in [5, 5.41) is 2.52. The van der Waals surface area contributed by atoms with Gasteiger partial charge in [0.05, 0.1) is 7.11 Å². The Hall–Kier alpha value is -2.81. The van der Waals surface area contributed by atoms with Gasteiger partial charge in [-0.05, 0) is 46.9 Å². The Balaban J connectivity index is 1.55. The van der Waals surface area contributed by atoms with E-state index in [0.717, 1.165) is 30.7 Å². The zero-order valence-electron chi connectivity index (χ0n) is 15.4. The molecule has 0 fully saturated rings. The second-order valence-corrected chi connectivity index (χ2v) is 6.56. The molecule has 0 aliphatic carbocycles. The van der Waals surface area contributed by atoms with Gasteiger partial charge >= 0.3 is 0 Å². The number of carbonyl (C=O) groups excluding carboxylic acids is 1. The summed E-state index contributed by atoms with van der Waals surface area (Å²) in [6.45, 7) is 0.727. The lowest BCUT2D eigenvalue weighted by molar-refractivity contribution is -0.129. The number of likely N-dealkylation sites (N-methyl/N-ethyl adjacent to an activating group) is 1. The molecule has 0 N–H and O–H groups in total. The smallest absolute Gasteiger partial charge is 0.222 e. The van der Waals surface area contributed by atoms with Crippen molar-refractivity contribution in [1.29, 1.82) is 0 Å². The summed E-state index contributed by atoms with van der Waals surface area (Å²) in [5.74, 6) is 1.01. The number of benzene rings is 3. The van der Waals surface area contributed by atoms with Crippen molar-refractivity contribution in [2.75, 3.05) is 20.7 Å². The van der Waals surface area contributed by atoms with E-state index in [1.807, 2.05) is 36.2 Å². The Kier molecular flexibility index (Phi) is 5.90. The van der Waals surface area contributed by atoms with Crippen LogP contribution in [0, 0.1) is 0 Å². The standard InChI is InChI=1S/C23H25NO2/c1-24(23(25)14-13-18-7-5-11-21(17-18)26-2)16-15-20-10-6-9-19-8-3-4-12-22(19)20/h3-12,17H,13-16H2,1-2H3. The van der Waals surface area contributed by atoms with Gasteiger partial charge in [0, 0.05) is 20.0 Å². The van der Waals surface area contributed by atoms with Crippen LogP contribution in [0.2, 0.25) is 0 Å². The van der Waals surface area contributed by atoms with Crippen LogP contribution in [0.15, 0.2) is 66.7 Å². The monoisotopic (exact) mass is 347 g/mol. The maximum atomic E-state index is 12.5. The van der Waals surface area contributed by atoms with Crippen LogP contribution in [0.4, 0.5) is 0 Å². The van der Waals surface area contributed by atoms with Crippen molar-refractivity contribution >= 4 is 16.7 Å². The van der Waals surface area contributed by atoms with Gasteiger partial charge in [-0.25, -0.2) is 0 Å². The van der Waals surface area contributed by atoms with Gasteiger partial charge in [-0.2, -0.15) is 0 Å². The number of amides is 1. The van der Waals surface area contributed by atoms with Crippen LogP contribution in [0.5, 0.6) is 5.75 Å². The molecule has 0 unspecified atom stereocenters. The average molecular weight is 347 g/mol. The lowest BCUT2D eigenvalue weighted by Gasteiger charge is -2.18. The molecule has 3 aromatic rings. The summed E-state index contributed by atoms with van der Waals surface area (Å²) in [6, 6.07) is 22.7. The van der Waals surface area contributed by atoms with Gasteiger partial charge in [0.1, 0.15) is 5.75 Å². The van der Waals surface area contributed by atoms with E-state index in [4.69, 9.17) is 4.74 Å². The summed E-state index contributed by atoms with van der Waals surface area (Å²) in [5.41, 5.74) is 2.41. The van der Waals surface area contributed by atoms with Crippen LogP contribution >= 0.6 is 0 Å². The van der Waals surface area contributed by atoms with E-state index in [0.29, 0.717) is 6.42 Å². The van der Waals surface area contributed by atoms with Crippen LogP contribution < -0.4 is 4.74 Å². The number of methoxy groups -OCH3 is 1. The summed E-state index contributed by atoms with van der Waals surface area (Å²) >= 11 is 0. The molecule has 0 atom stereocenters. The summed E-state index contributed by atoms with van der Waals surface area (Å²) in [4.78, 5) is 14.3. The van der Waals surface area contributed by atoms with Crippen LogP contribution in [-0.2, 0) is 17.6 Å². The highest BCUT2D eigenvalue weighted by molar-refractivity contribution is 5.85. The van der Waals surface area contributed by atoms with E-state index in [1.165, 1.54) is 16.3 Å². The SMILES string of the molecule is COc1cccc(CCC(=O)N(C)CCc2cccc3ccccc23)c1. The first kappa shape index (κ1) is 18.0. The fourth-order valence-corrected chi connectivity index (χ4v) is 3.19. The van der Waals surface area contributed by atoms with E-state index in [2.05, 4.69) is 42.5 Å². The third kappa shape index (κ3) is 4.42. The molecular weight excluding hydrogens is 322 g/mol. The minimum Gasteiger partial charge on any atom is -0.497 e. The molecule has 26 heavy (non-hydrogen) atoms. The first-order valence-corrected chi connectivity index (χ1v) is 9.01. The fraction of sp³-hybridized carbons (Fsp3) is 0.261. The van der Waals surface area contributed by atoms with Crippen LogP contribution in [0.3, 0.4) is 0 Å². The number of aryl methyl sites for hydroxylation is 1. The Labute approximate surface area is 155 Å². The molecule has 0 aliphatic rings. The summed E-state index contributed by atoms with van der Waals surface area (Å²) in [6.07, 6.45) is 2.11. The van der Waals surface area contributed by atoms with Crippen molar-refractivity contribution in [2.24, 2.45) is 0 Å². The summed E-state index contributed by atoms with van der Waals surface area (Å²) < 4.78 is 5.24. The van der Waals surface area contributed by atoms with Gasteiger partial charge in [-0.3, -0.25) is 4.79 Å². The molecule has 0 aliphatic heterocycles. The number of hydrogen-bond donors (Lipinski definition) is 0. The molecule has 1 amide bonds. The number of ether oxygens (including phenoxy) is 1. The highest BCUT2D eigenvalue weighted by atomic mass is 16.5. The third-order valence-corrected chi connectivity index (χ3v) is 4.78. The lowest BCUT2D eigenvalue weighted by Crippen LogP contribution is -2.29. The van der Waals surface area contributed by atoms with Crippen molar-refractivity contribution in [3.63, 3.8) is 0 Å². The highest BCUT2D eigenvalue weighted by Gasteiger charge is 2.10. The van der Waals surface area contributed by atoms with Crippen molar-refractivity contribution in [3.05, 3.63) is 77.9 Å². The molecule has 0 saturated heterocycles. The van der Waals surface area contributed by atoms with Crippen LogP contribution in [0.1, 0.15) is 17.5 Å². The van der Waals surface area contributed by atoms with Gasteiger partial charge < -0.3 is 9.64 Å². The molecule has 0 saturated carbocycles. The van der Waals surface area contributed by atoms with E-state index in [1.54, 1.807) is 7.11 Å². The first-order chi connectivity index (χ1) is 12.7. The minimum atomic E-state index is 0.174. The predicted molar refractivity (Wildman–Crippen MR) is 107 cm³/mol. The number of rotatable bonds is 7. The summed E-state index contributed by atoms with van der Waals surface area (Å²) in [7, 11) is 3.55. The molecule has 0 aromatic heterocycles. The maximum absolute atomic E-state index is 12.5. The van der Waals surface area contributed by atoms with Gasteiger partial charge in [0.15, 0.2) is 0 Å². The quantitative estimate of drug-likeness (QED) is 0.630. The molecule has 134 valence electrons. The molecule has 0 bridgehead atoms. The van der Waals surface area contributed by atoms with Gasteiger partial charge in [0.2, 0.25) is 5.91 Å². The lowest BCUT2D eigenvalue weighted by atomic mass is 10.0. The Bertz CT molecular complexity index is 883. The molecule has 3 heteroatoms. The zero-order valence-corrected chi connectivity index (χ0v) is 15.4. The van der Waals surface area contributed by atoms with Crippen molar-refractivity contribution in [2.45, 2.75) is 19.3 Å². The molecule has 3 rings (SSSR count). The van der Waals surface area contributed by atoms with Crippen molar-refractivity contribution < 1.29 is 9.53 Å². The Morgan fingerprint density at radius 2 is 1.73 bits per heavy atom. The van der Waals surface area contributed by atoms with Gasteiger partial charge in [-0.1, -0.05) is 54.6 Å². The number of nitrogens with zero attached hydrogens (tertiary/aromatic N) is 1. The molecule has 3 aromatic carbocycles. The predicted octanol–water partition coefficient (Wildman–Crippen LogP) is 4.48. The average Bonchev–Trinajstić information content (AvgIpc) is 2.70. The Morgan fingerprint density at radius 3 is 2.58 bits per heavy atom. The number of carbonyl (C=O) groups is 1. The second-order valence-electron chi connectivity index (χ2n) is 6.56. The molecule has 0 radical (unpaired) electrons. The third-order valence-electron chi connectivity index (χ3n) is 4.78. The van der Waals surface area contributed by atoms with E-state index >= 15 is 0 Å². The largest absolute Gasteiger partial charge is 0.497 e. The molecule has 0 spiro atoms. The van der Waals surface area contributed by atoms with E-state index in [9.17, 15) is 4.79 Å². The van der Waals surface area contributed by atoms with Crippen molar-refractivity contribution in [1.82, 2.24) is 4.90 Å². The van der Waals surface area contributed by atoms with Gasteiger partial charge in [0.25, 0.3) is 0 Å². The molecule has 3 nitrogen and oxygen atoms in total. The minimum absolute atomic E-state index is 0.174. The topological polar surface area (TPSA) is 29.5 Å². The maximum Gasteiger partial charge on any atom is 0.222 e. The molecule has 0 heterocycles. The van der Waals surface area contributed by atoms with Crippen LogP contribution in [0.25, 0.3) is 10.8 Å². The zero-order chi connectivity index (χ0) is 18.4. The number of fused-ring (bicyclic) bond motifs is 1. The first-order valence-electron chi connectivity index (χ1n) is 9.01. The van der Waals surface area contributed by atoms with Crippen LogP contribution in [-0.4, -0.2) is 31.5 Å². The van der Waals surface area contributed by atoms with E-state index < -0.39 is 0 Å². The second kappa shape index (κ2) is 8.52. The molecular formula is C23H25NO2. The fourth-order valence-electron chi connectivity index (χ4n) is 3.19. The van der Waals surface area contributed by atoms with Gasteiger partial charge in [-0.15, -0.1) is 0 Å². The van der Waals surface area contributed by atoms with Crippen molar-refractivity contribution in [3.8, 4) is 5.75 Å². The normalized spacial score (nSPS) is 10.7. The number of hydrogen-bond acceptors (Lipinski definition) is 2. The Morgan fingerprint density at radius 1 is 0.962 bits per heavy atom. The van der Waals surface area contributed by atoms with E-state index in [-0.39, 0.29) is 5.91 Å².